The van der Waals surface area contributed by atoms with E-state index in [9.17, 15) is 14.0 Å². The molecule has 1 N–H and O–H groups in total. The van der Waals surface area contributed by atoms with Gasteiger partial charge in [-0.3, -0.25) is 9.59 Å². The summed E-state index contributed by atoms with van der Waals surface area (Å²) in [6.07, 6.45) is 2.21. The first kappa shape index (κ1) is 16.2. The van der Waals surface area contributed by atoms with E-state index in [0.717, 1.165) is 30.6 Å². The molecule has 0 bridgehead atoms. The maximum absolute atomic E-state index is 13.7. The molecular weight excluding hydrogens is 307 g/mol. The van der Waals surface area contributed by atoms with Gasteiger partial charge in [-0.1, -0.05) is 19.1 Å². The SMILES string of the molecule is CCC(=O)N1CCCc2cc(NC(=O)c3ccccc3F)ccc21. The quantitative estimate of drug-likeness (QED) is 0.933. The number of fused-ring (bicyclic) bond motifs is 1. The molecule has 1 aliphatic heterocycles. The molecule has 0 saturated carbocycles. The van der Waals surface area contributed by atoms with Crippen LogP contribution in [-0.4, -0.2) is 18.4 Å². The zero-order valence-electron chi connectivity index (χ0n) is 13.5. The van der Waals surface area contributed by atoms with Crippen molar-refractivity contribution in [3.05, 3.63) is 59.4 Å². The van der Waals surface area contributed by atoms with Gasteiger partial charge in [-0.05, 0) is 48.7 Å². The van der Waals surface area contributed by atoms with E-state index in [0.29, 0.717) is 12.1 Å². The average Bonchev–Trinajstić information content (AvgIpc) is 2.60. The normalized spacial score (nSPS) is 13.3. The molecule has 0 atom stereocenters. The summed E-state index contributed by atoms with van der Waals surface area (Å²) in [6, 6.07) is 11.3. The van der Waals surface area contributed by atoms with Crippen molar-refractivity contribution < 1.29 is 14.0 Å². The Bertz CT molecular complexity index is 789. The molecule has 3 rings (SSSR count). The minimum absolute atomic E-state index is 0.0120. The number of aryl methyl sites for hydroxylation is 1. The lowest BCUT2D eigenvalue weighted by Crippen LogP contribution is -2.34. The lowest BCUT2D eigenvalue weighted by Gasteiger charge is -2.29. The highest BCUT2D eigenvalue weighted by Gasteiger charge is 2.22. The Hall–Kier alpha value is -2.69. The number of nitrogens with zero attached hydrogens (tertiary/aromatic N) is 1. The third kappa shape index (κ3) is 3.15. The van der Waals surface area contributed by atoms with Crippen LogP contribution in [0.15, 0.2) is 42.5 Å². The molecule has 0 radical (unpaired) electrons. The molecule has 0 spiro atoms. The first-order valence-corrected chi connectivity index (χ1v) is 8.09. The molecule has 4 nitrogen and oxygen atoms in total. The van der Waals surface area contributed by atoms with E-state index in [1.807, 2.05) is 19.1 Å². The zero-order chi connectivity index (χ0) is 17.1. The largest absolute Gasteiger partial charge is 0.322 e. The molecule has 1 heterocycles. The number of anilines is 2. The molecule has 124 valence electrons. The number of benzene rings is 2. The standard InChI is InChI=1S/C19H19FN2O2/c1-2-18(23)22-11-5-6-13-12-14(9-10-17(13)22)21-19(24)15-7-3-4-8-16(15)20/h3-4,7-10,12H,2,5-6,11H2,1H3,(H,21,24). The number of nitrogens with one attached hydrogen (secondary N) is 1. The van der Waals surface area contributed by atoms with E-state index >= 15 is 0 Å². The fourth-order valence-electron chi connectivity index (χ4n) is 2.97. The topological polar surface area (TPSA) is 49.4 Å². The minimum Gasteiger partial charge on any atom is -0.322 e. The van der Waals surface area contributed by atoms with Crippen LogP contribution in [0, 0.1) is 5.82 Å². The predicted molar refractivity (Wildman–Crippen MR) is 91.8 cm³/mol. The molecule has 0 fully saturated rings. The van der Waals surface area contributed by atoms with E-state index in [2.05, 4.69) is 5.32 Å². The van der Waals surface area contributed by atoms with Crippen molar-refractivity contribution in [3.63, 3.8) is 0 Å². The van der Waals surface area contributed by atoms with Crippen LogP contribution in [0.3, 0.4) is 0 Å². The molecule has 1 aliphatic rings. The van der Waals surface area contributed by atoms with Crippen LogP contribution in [0.25, 0.3) is 0 Å². The van der Waals surface area contributed by atoms with Gasteiger partial charge in [0.25, 0.3) is 5.91 Å². The monoisotopic (exact) mass is 326 g/mol. The zero-order valence-corrected chi connectivity index (χ0v) is 13.5. The second kappa shape index (κ2) is 6.83. The van der Waals surface area contributed by atoms with Gasteiger partial charge in [0, 0.05) is 24.3 Å². The predicted octanol–water partition coefficient (Wildman–Crippen LogP) is 3.77. The highest BCUT2D eigenvalue weighted by Crippen LogP contribution is 2.30. The number of hydrogen-bond donors (Lipinski definition) is 1. The van der Waals surface area contributed by atoms with Gasteiger partial charge in [0.1, 0.15) is 5.82 Å². The average molecular weight is 326 g/mol. The summed E-state index contributed by atoms with van der Waals surface area (Å²) in [7, 11) is 0. The fraction of sp³-hybridized carbons (Fsp3) is 0.263. The molecule has 0 unspecified atom stereocenters. The summed E-state index contributed by atoms with van der Waals surface area (Å²) in [5.41, 5.74) is 2.54. The van der Waals surface area contributed by atoms with Crippen LogP contribution in [0.4, 0.5) is 15.8 Å². The number of amides is 2. The molecule has 0 saturated heterocycles. The van der Waals surface area contributed by atoms with Gasteiger partial charge < -0.3 is 10.2 Å². The summed E-state index contributed by atoms with van der Waals surface area (Å²) in [5.74, 6) is -0.933. The number of rotatable bonds is 3. The van der Waals surface area contributed by atoms with Crippen LogP contribution in [0.1, 0.15) is 35.7 Å². The summed E-state index contributed by atoms with van der Waals surface area (Å²) < 4.78 is 13.7. The summed E-state index contributed by atoms with van der Waals surface area (Å²) in [5, 5.41) is 2.72. The van der Waals surface area contributed by atoms with Gasteiger partial charge in [0.2, 0.25) is 5.91 Å². The first-order chi connectivity index (χ1) is 11.6. The first-order valence-electron chi connectivity index (χ1n) is 8.09. The number of hydrogen-bond acceptors (Lipinski definition) is 2. The van der Waals surface area contributed by atoms with Crippen LogP contribution >= 0.6 is 0 Å². The lowest BCUT2D eigenvalue weighted by atomic mass is 10.0. The molecular formula is C19H19FN2O2. The minimum atomic E-state index is -0.548. The van der Waals surface area contributed by atoms with Crippen molar-refractivity contribution in [1.29, 1.82) is 0 Å². The summed E-state index contributed by atoms with van der Waals surface area (Å²) in [4.78, 5) is 26.0. The highest BCUT2D eigenvalue weighted by atomic mass is 19.1. The van der Waals surface area contributed by atoms with Crippen LogP contribution in [0.5, 0.6) is 0 Å². The van der Waals surface area contributed by atoms with Crippen molar-refractivity contribution >= 4 is 23.2 Å². The lowest BCUT2D eigenvalue weighted by molar-refractivity contribution is -0.118. The second-order valence-corrected chi connectivity index (χ2v) is 5.78. The summed E-state index contributed by atoms with van der Waals surface area (Å²) in [6.45, 7) is 2.57. The molecule has 2 amide bonds. The highest BCUT2D eigenvalue weighted by molar-refractivity contribution is 6.04. The third-order valence-electron chi connectivity index (χ3n) is 4.18. The van der Waals surface area contributed by atoms with E-state index in [1.165, 1.54) is 12.1 Å². The molecule has 2 aromatic carbocycles. The number of carbonyl (C=O) groups is 2. The van der Waals surface area contributed by atoms with Crippen LogP contribution < -0.4 is 10.2 Å². The van der Waals surface area contributed by atoms with Gasteiger partial charge in [0.15, 0.2) is 0 Å². The second-order valence-electron chi connectivity index (χ2n) is 5.78. The maximum atomic E-state index is 13.7. The Kier molecular flexibility index (Phi) is 4.60. The molecule has 24 heavy (non-hydrogen) atoms. The van der Waals surface area contributed by atoms with Crippen molar-refractivity contribution in [3.8, 4) is 0 Å². The Morgan fingerprint density at radius 1 is 1.21 bits per heavy atom. The molecule has 2 aromatic rings. The van der Waals surface area contributed by atoms with Gasteiger partial charge >= 0.3 is 0 Å². The summed E-state index contributed by atoms with van der Waals surface area (Å²) >= 11 is 0. The molecule has 5 heteroatoms. The van der Waals surface area contributed by atoms with E-state index in [-0.39, 0.29) is 11.5 Å². The molecule has 0 aromatic heterocycles. The molecule has 0 aliphatic carbocycles. The van der Waals surface area contributed by atoms with Crippen molar-refractivity contribution in [1.82, 2.24) is 0 Å². The fourth-order valence-corrected chi connectivity index (χ4v) is 2.97. The number of carbonyl (C=O) groups excluding carboxylic acids is 2. The van der Waals surface area contributed by atoms with Crippen molar-refractivity contribution in [2.45, 2.75) is 26.2 Å². The smallest absolute Gasteiger partial charge is 0.258 e. The van der Waals surface area contributed by atoms with Gasteiger partial charge in [-0.15, -0.1) is 0 Å². The van der Waals surface area contributed by atoms with Gasteiger partial charge in [-0.25, -0.2) is 4.39 Å². The van der Waals surface area contributed by atoms with E-state index in [1.54, 1.807) is 23.1 Å². The maximum Gasteiger partial charge on any atom is 0.258 e. The van der Waals surface area contributed by atoms with Crippen LogP contribution in [-0.2, 0) is 11.2 Å². The van der Waals surface area contributed by atoms with Crippen LogP contribution in [0.2, 0.25) is 0 Å². The van der Waals surface area contributed by atoms with Gasteiger partial charge in [-0.2, -0.15) is 0 Å². The Morgan fingerprint density at radius 2 is 2.00 bits per heavy atom. The van der Waals surface area contributed by atoms with E-state index in [4.69, 9.17) is 0 Å². The van der Waals surface area contributed by atoms with Crippen molar-refractivity contribution in [2.75, 3.05) is 16.8 Å². The third-order valence-corrected chi connectivity index (χ3v) is 4.18. The Morgan fingerprint density at radius 3 is 2.75 bits per heavy atom. The van der Waals surface area contributed by atoms with E-state index < -0.39 is 11.7 Å². The Balaban J connectivity index is 1.83. The number of halogens is 1. The van der Waals surface area contributed by atoms with Gasteiger partial charge in [0.05, 0.1) is 5.56 Å². The van der Waals surface area contributed by atoms with Crippen molar-refractivity contribution in [2.24, 2.45) is 0 Å². The Labute approximate surface area is 140 Å².